The molecule has 0 amide bonds. The van der Waals surface area contributed by atoms with E-state index >= 15 is 4.39 Å². The first-order chi connectivity index (χ1) is 14.5. The third kappa shape index (κ3) is 3.76. The lowest BCUT2D eigenvalue weighted by Crippen LogP contribution is -2.54. The molecule has 0 spiro atoms. The molecular weight excluding hydrogens is 448 g/mol. The SMILES string of the molecule is Cc1nsc(Nc2ncc3cc(Cl)c(C4CCN(C5COC5)CC4F)cc3n2)c1Cl. The summed E-state index contributed by atoms with van der Waals surface area (Å²) in [5.74, 6) is 0.169. The largest absolute Gasteiger partial charge is 0.378 e. The number of nitrogens with zero attached hydrogens (tertiary/aromatic N) is 4. The topological polar surface area (TPSA) is 63.2 Å². The molecule has 4 heterocycles. The highest BCUT2D eigenvalue weighted by Crippen LogP contribution is 2.38. The number of likely N-dealkylation sites (tertiary alicyclic amines) is 1. The molecule has 2 atom stereocenters. The van der Waals surface area contributed by atoms with Crippen LogP contribution in [0.4, 0.5) is 15.3 Å². The van der Waals surface area contributed by atoms with E-state index in [-0.39, 0.29) is 5.92 Å². The summed E-state index contributed by atoms with van der Waals surface area (Å²) in [6.07, 6.45) is 1.44. The van der Waals surface area contributed by atoms with Crippen LogP contribution in [-0.4, -0.2) is 57.8 Å². The average Bonchev–Trinajstić information content (AvgIpc) is 2.99. The Kier molecular flexibility index (Phi) is 5.53. The highest BCUT2D eigenvalue weighted by molar-refractivity contribution is 7.11. The van der Waals surface area contributed by atoms with Crippen molar-refractivity contribution in [3.05, 3.63) is 39.6 Å². The summed E-state index contributed by atoms with van der Waals surface area (Å²) in [5.41, 5.74) is 2.27. The maximum absolute atomic E-state index is 15.1. The van der Waals surface area contributed by atoms with E-state index < -0.39 is 6.17 Å². The lowest BCUT2D eigenvalue weighted by molar-refractivity contribution is -0.0806. The van der Waals surface area contributed by atoms with Crippen LogP contribution in [0.3, 0.4) is 0 Å². The van der Waals surface area contributed by atoms with Crippen molar-refractivity contribution in [1.29, 1.82) is 0 Å². The summed E-state index contributed by atoms with van der Waals surface area (Å²) in [6, 6.07) is 4.06. The zero-order valence-corrected chi connectivity index (χ0v) is 18.6. The first kappa shape index (κ1) is 20.3. The molecule has 1 aromatic carbocycles. The fraction of sp³-hybridized carbons (Fsp3) is 0.450. The Labute approximate surface area is 187 Å². The van der Waals surface area contributed by atoms with Gasteiger partial charge in [0.15, 0.2) is 0 Å². The number of rotatable bonds is 4. The first-order valence-electron chi connectivity index (χ1n) is 9.80. The zero-order chi connectivity index (χ0) is 20.8. The molecule has 30 heavy (non-hydrogen) atoms. The minimum absolute atomic E-state index is 0.246. The van der Waals surface area contributed by atoms with Crippen molar-refractivity contribution in [2.75, 3.05) is 31.6 Å². The van der Waals surface area contributed by atoms with Gasteiger partial charge in [0.2, 0.25) is 5.95 Å². The van der Waals surface area contributed by atoms with Gasteiger partial charge in [0.05, 0.1) is 35.5 Å². The second-order valence-electron chi connectivity index (χ2n) is 7.76. The minimum atomic E-state index is -0.979. The van der Waals surface area contributed by atoms with Gasteiger partial charge in [0, 0.05) is 29.1 Å². The Morgan fingerprint density at radius 1 is 1.30 bits per heavy atom. The zero-order valence-electron chi connectivity index (χ0n) is 16.2. The van der Waals surface area contributed by atoms with Crippen molar-refractivity contribution in [1.82, 2.24) is 19.2 Å². The van der Waals surface area contributed by atoms with Crippen molar-refractivity contribution in [2.24, 2.45) is 0 Å². The van der Waals surface area contributed by atoms with Gasteiger partial charge in [-0.2, -0.15) is 4.37 Å². The van der Waals surface area contributed by atoms with Gasteiger partial charge in [-0.1, -0.05) is 23.2 Å². The number of aromatic nitrogens is 3. The summed E-state index contributed by atoms with van der Waals surface area (Å²) < 4.78 is 24.6. The molecule has 0 bridgehead atoms. The molecule has 158 valence electrons. The number of halogens is 3. The van der Waals surface area contributed by atoms with E-state index in [0.717, 1.165) is 29.6 Å². The lowest BCUT2D eigenvalue weighted by Gasteiger charge is -2.43. The van der Waals surface area contributed by atoms with E-state index in [0.29, 0.717) is 52.3 Å². The van der Waals surface area contributed by atoms with Crippen molar-refractivity contribution >= 4 is 56.6 Å². The van der Waals surface area contributed by atoms with Crippen LogP contribution in [0.2, 0.25) is 10.0 Å². The van der Waals surface area contributed by atoms with E-state index in [1.165, 1.54) is 11.5 Å². The van der Waals surface area contributed by atoms with E-state index in [1.807, 2.05) is 19.1 Å². The van der Waals surface area contributed by atoms with E-state index in [2.05, 4.69) is 24.6 Å². The van der Waals surface area contributed by atoms with E-state index in [1.54, 1.807) is 6.20 Å². The predicted molar refractivity (Wildman–Crippen MR) is 118 cm³/mol. The molecule has 2 aliphatic rings. The molecule has 2 aliphatic heterocycles. The first-order valence-corrected chi connectivity index (χ1v) is 11.3. The van der Waals surface area contributed by atoms with Crippen molar-refractivity contribution in [3.8, 4) is 0 Å². The maximum Gasteiger partial charge on any atom is 0.228 e. The monoisotopic (exact) mass is 467 g/mol. The van der Waals surface area contributed by atoms with Crippen LogP contribution >= 0.6 is 34.7 Å². The quantitative estimate of drug-likeness (QED) is 0.584. The lowest BCUT2D eigenvalue weighted by atomic mass is 9.86. The molecule has 2 fully saturated rings. The molecule has 3 aromatic rings. The van der Waals surface area contributed by atoms with Crippen LogP contribution in [-0.2, 0) is 4.74 Å². The molecule has 5 rings (SSSR count). The molecule has 0 radical (unpaired) electrons. The number of nitrogens with one attached hydrogen (secondary N) is 1. The highest BCUT2D eigenvalue weighted by atomic mass is 35.5. The number of ether oxygens (including phenoxy) is 1. The number of hydrogen-bond acceptors (Lipinski definition) is 7. The van der Waals surface area contributed by atoms with Crippen LogP contribution < -0.4 is 5.32 Å². The summed E-state index contributed by atoms with van der Waals surface area (Å²) in [5, 5.41) is 5.73. The van der Waals surface area contributed by atoms with Gasteiger partial charge < -0.3 is 10.1 Å². The summed E-state index contributed by atoms with van der Waals surface area (Å²) >= 11 is 14.0. The third-order valence-corrected chi connectivity index (χ3v) is 7.58. The second kappa shape index (κ2) is 8.16. The van der Waals surface area contributed by atoms with Crippen LogP contribution in [0.1, 0.15) is 23.6 Å². The van der Waals surface area contributed by atoms with Crippen molar-refractivity contribution in [2.45, 2.75) is 31.5 Å². The summed E-state index contributed by atoms with van der Waals surface area (Å²) in [7, 11) is 0. The van der Waals surface area contributed by atoms with Gasteiger partial charge in [-0.15, -0.1) is 0 Å². The molecule has 6 nitrogen and oxygen atoms in total. The predicted octanol–water partition coefficient (Wildman–Crippen LogP) is 4.97. The van der Waals surface area contributed by atoms with Crippen LogP contribution in [0.5, 0.6) is 0 Å². The Hall–Kier alpha value is -1.58. The number of anilines is 2. The Balaban J connectivity index is 1.41. The molecule has 2 aromatic heterocycles. The van der Waals surface area contributed by atoms with Gasteiger partial charge in [0.1, 0.15) is 11.2 Å². The number of fused-ring (bicyclic) bond motifs is 1. The van der Waals surface area contributed by atoms with E-state index in [9.17, 15) is 0 Å². The standard InChI is InChI=1S/C20H20Cl2FN5OS/c1-10-18(22)19(30-27-10)26-20-24-6-11-4-15(21)14(5-17(11)25-20)13-2-3-28(7-16(13)23)12-8-29-9-12/h4-6,12-13,16H,2-3,7-9H2,1H3,(H,24,25,26). The van der Waals surface area contributed by atoms with Crippen LogP contribution in [0.15, 0.2) is 18.3 Å². The summed E-state index contributed by atoms with van der Waals surface area (Å²) in [6.45, 7) is 4.49. The molecule has 2 unspecified atom stereocenters. The average molecular weight is 468 g/mol. The fourth-order valence-corrected chi connectivity index (χ4v) is 5.23. The smallest absolute Gasteiger partial charge is 0.228 e. The third-order valence-electron chi connectivity index (χ3n) is 5.82. The molecule has 0 aliphatic carbocycles. The number of hydrogen-bond donors (Lipinski definition) is 1. The van der Waals surface area contributed by atoms with Crippen molar-refractivity contribution in [3.63, 3.8) is 0 Å². The molecule has 2 saturated heterocycles. The minimum Gasteiger partial charge on any atom is -0.378 e. The van der Waals surface area contributed by atoms with Crippen LogP contribution in [0.25, 0.3) is 10.9 Å². The normalized spacial score (nSPS) is 22.9. The number of benzene rings is 1. The van der Waals surface area contributed by atoms with Gasteiger partial charge in [0.25, 0.3) is 0 Å². The molecule has 0 saturated carbocycles. The Morgan fingerprint density at radius 2 is 2.13 bits per heavy atom. The Bertz CT molecular complexity index is 1090. The van der Waals surface area contributed by atoms with Crippen molar-refractivity contribution < 1.29 is 9.13 Å². The maximum atomic E-state index is 15.1. The van der Waals surface area contributed by atoms with Gasteiger partial charge in [-0.25, -0.2) is 14.4 Å². The Morgan fingerprint density at radius 3 is 2.80 bits per heavy atom. The summed E-state index contributed by atoms with van der Waals surface area (Å²) in [4.78, 5) is 11.1. The highest BCUT2D eigenvalue weighted by Gasteiger charge is 2.36. The number of aryl methyl sites for hydroxylation is 1. The van der Waals surface area contributed by atoms with Crippen LogP contribution in [0, 0.1) is 6.92 Å². The van der Waals surface area contributed by atoms with Gasteiger partial charge in [-0.3, -0.25) is 4.90 Å². The molecule has 1 N–H and O–H groups in total. The van der Waals surface area contributed by atoms with Gasteiger partial charge >= 0.3 is 0 Å². The molecular formula is C20H20Cl2FN5OS. The van der Waals surface area contributed by atoms with E-state index in [4.69, 9.17) is 27.9 Å². The second-order valence-corrected chi connectivity index (χ2v) is 9.32. The number of piperidine rings is 1. The van der Waals surface area contributed by atoms with Gasteiger partial charge in [-0.05, 0) is 49.1 Å². The fourth-order valence-electron chi connectivity index (χ4n) is 3.99. The molecule has 10 heteroatoms. The number of alkyl halides is 1.